The van der Waals surface area contributed by atoms with Gasteiger partial charge in [-0.1, -0.05) is 18.2 Å². The van der Waals surface area contributed by atoms with Gasteiger partial charge in [-0.15, -0.1) is 5.75 Å². The van der Waals surface area contributed by atoms with Crippen LogP contribution in [0, 0.1) is 0 Å². The monoisotopic (exact) mass is 418 g/mol. The van der Waals surface area contributed by atoms with Crippen molar-refractivity contribution in [1.82, 2.24) is 0 Å². The summed E-state index contributed by atoms with van der Waals surface area (Å²) in [6, 6.07) is 8.06. The normalized spacial score (nSPS) is 15.1. The van der Waals surface area contributed by atoms with E-state index >= 15 is 0 Å². The Balaban J connectivity index is 0.00000256. The molecule has 0 amide bonds. The third-order valence-electron chi connectivity index (χ3n) is 6.16. The van der Waals surface area contributed by atoms with Gasteiger partial charge in [0.1, 0.15) is 12.4 Å². The third-order valence-corrected chi connectivity index (χ3v) is 6.16. The molecule has 2 aromatic carbocycles. The largest absolute Gasteiger partial charge is 1.00 e. The van der Waals surface area contributed by atoms with Crippen molar-refractivity contribution in [3.63, 3.8) is 0 Å². The van der Waals surface area contributed by atoms with Crippen molar-refractivity contribution in [3.8, 4) is 22.6 Å². The summed E-state index contributed by atoms with van der Waals surface area (Å²) in [5, 5.41) is 13.1. The fourth-order valence-corrected chi connectivity index (χ4v) is 4.74. The molecule has 0 saturated heterocycles. The minimum atomic E-state index is 0. The molecule has 0 spiro atoms. The molecule has 0 saturated carbocycles. The zero-order valence-electron chi connectivity index (χ0n) is 18.4. The Kier molecular flexibility index (Phi) is 9.09. The first kappa shape index (κ1) is 23.6. The predicted octanol–water partition coefficient (Wildman–Crippen LogP) is 1.23. The van der Waals surface area contributed by atoms with E-state index in [-0.39, 0.29) is 35.3 Å². The Bertz CT molecular complexity index is 850. The summed E-state index contributed by atoms with van der Waals surface area (Å²) >= 11 is 0. The van der Waals surface area contributed by atoms with Crippen LogP contribution < -0.4 is 39.4 Å². The molecule has 4 rings (SSSR count). The Morgan fingerprint density at radius 2 is 1.33 bits per heavy atom. The Morgan fingerprint density at radius 1 is 0.733 bits per heavy atom. The second-order valence-corrected chi connectivity index (χ2v) is 8.02. The molecule has 0 fully saturated rings. The second kappa shape index (κ2) is 11.5. The van der Waals surface area contributed by atoms with Crippen molar-refractivity contribution in [3.05, 3.63) is 46.5 Å². The molecule has 0 bridgehead atoms. The van der Waals surface area contributed by atoms with Gasteiger partial charge >= 0.3 is 29.6 Å². The first-order valence-corrected chi connectivity index (χ1v) is 11.0. The predicted molar refractivity (Wildman–Crippen MR) is 113 cm³/mol. The van der Waals surface area contributed by atoms with Gasteiger partial charge in [-0.25, -0.2) is 0 Å². The minimum absolute atomic E-state index is 0. The quantitative estimate of drug-likeness (QED) is 0.478. The van der Waals surface area contributed by atoms with Gasteiger partial charge in [-0.3, -0.25) is 0 Å². The first-order valence-electron chi connectivity index (χ1n) is 11.0. The Hall–Kier alpha value is -1.04. The molecule has 2 aromatic rings. The molecule has 0 heterocycles. The molecule has 4 nitrogen and oxygen atoms in total. The van der Waals surface area contributed by atoms with Crippen molar-refractivity contribution in [2.45, 2.75) is 51.4 Å². The molecule has 2 aliphatic rings. The first-order chi connectivity index (χ1) is 14.3. The summed E-state index contributed by atoms with van der Waals surface area (Å²) in [6.45, 7) is 2.13. The summed E-state index contributed by atoms with van der Waals surface area (Å²) in [7, 11) is 1.67. The van der Waals surface area contributed by atoms with Gasteiger partial charge in [0, 0.05) is 12.7 Å². The molecule has 0 atom stereocenters. The van der Waals surface area contributed by atoms with Crippen LogP contribution in [0.5, 0.6) is 11.5 Å². The summed E-state index contributed by atoms with van der Waals surface area (Å²) < 4.78 is 16.7. The maximum atomic E-state index is 13.1. The van der Waals surface area contributed by atoms with Crippen LogP contribution in [0.25, 0.3) is 11.1 Å². The number of hydrogen-bond donors (Lipinski definition) is 0. The van der Waals surface area contributed by atoms with Gasteiger partial charge in [0.2, 0.25) is 0 Å². The van der Waals surface area contributed by atoms with Crippen molar-refractivity contribution >= 4 is 0 Å². The molecule has 5 heteroatoms. The number of methoxy groups -OCH3 is 1. The van der Waals surface area contributed by atoms with Crippen LogP contribution >= 0.6 is 0 Å². The molecular weight excluding hydrogens is 387 g/mol. The number of fused-ring (bicyclic) bond motifs is 2. The van der Waals surface area contributed by atoms with E-state index in [1.54, 1.807) is 13.2 Å². The van der Waals surface area contributed by atoms with Gasteiger partial charge in [0.05, 0.1) is 19.8 Å². The molecular formula is C25H31NaO4. The fraction of sp³-hybridized carbons (Fsp3) is 0.520. The number of benzene rings is 2. The van der Waals surface area contributed by atoms with E-state index in [1.165, 1.54) is 41.5 Å². The maximum absolute atomic E-state index is 13.1. The van der Waals surface area contributed by atoms with Gasteiger partial charge in [0.15, 0.2) is 0 Å². The summed E-state index contributed by atoms with van der Waals surface area (Å²) in [5.74, 6) is 0.961. The second-order valence-electron chi connectivity index (χ2n) is 8.02. The minimum Gasteiger partial charge on any atom is -0.872 e. The zero-order valence-corrected chi connectivity index (χ0v) is 20.4. The third kappa shape index (κ3) is 5.23. The van der Waals surface area contributed by atoms with Gasteiger partial charge in [-0.05, 0) is 85.3 Å². The van der Waals surface area contributed by atoms with Crippen LogP contribution in [-0.2, 0) is 35.2 Å². The summed E-state index contributed by atoms with van der Waals surface area (Å²) in [6.07, 6.45) is 8.93. The molecule has 0 unspecified atom stereocenters. The van der Waals surface area contributed by atoms with Crippen molar-refractivity contribution in [2.24, 2.45) is 0 Å². The van der Waals surface area contributed by atoms with E-state index in [0.717, 1.165) is 49.0 Å². The van der Waals surface area contributed by atoms with Crippen LogP contribution in [0.1, 0.15) is 47.9 Å². The molecule has 2 aliphatic carbocycles. The van der Waals surface area contributed by atoms with Crippen molar-refractivity contribution in [2.75, 3.05) is 33.5 Å². The SMILES string of the molecule is COCCOCCOc1ccc2c(c1-c1c([O-])ccc3c1CCCC3)CCCC2.[Na+]. The number of rotatable bonds is 8. The van der Waals surface area contributed by atoms with Crippen LogP contribution in [0.2, 0.25) is 0 Å². The summed E-state index contributed by atoms with van der Waals surface area (Å²) in [4.78, 5) is 0. The van der Waals surface area contributed by atoms with Crippen LogP contribution in [0.15, 0.2) is 24.3 Å². The maximum Gasteiger partial charge on any atom is 1.00 e. The van der Waals surface area contributed by atoms with E-state index in [9.17, 15) is 5.11 Å². The zero-order chi connectivity index (χ0) is 20.1. The van der Waals surface area contributed by atoms with Gasteiger partial charge < -0.3 is 19.3 Å². The smallest absolute Gasteiger partial charge is 0.872 e. The standard InChI is InChI=1S/C25H32O4.Na/c1-27-14-15-28-16-17-29-23-13-11-19-7-3-5-9-21(19)25(23)24-20-8-4-2-6-18(20)10-12-22(24)26;/h10-13,26H,2-9,14-17H2,1H3;/q;+1/p-1. The number of hydrogen-bond acceptors (Lipinski definition) is 4. The van der Waals surface area contributed by atoms with E-state index in [4.69, 9.17) is 14.2 Å². The Morgan fingerprint density at radius 3 is 2.03 bits per heavy atom. The van der Waals surface area contributed by atoms with Gasteiger partial charge in [-0.2, -0.15) is 0 Å². The molecule has 0 radical (unpaired) electrons. The number of aryl methyl sites for hydroxylation is 2. The summed E-state index contributed by atoms with van der Waals surface area (Å²) in [5.41, 5.74) is 7.25. The molecule has 156 valence electrons. The molecule has 0 aliphatic heterocycles. The average Bonchev–Trinajstić information content (AvgIpc) is 2.76. The molecule has 0 aromatic heterocycles. The number of ether oxygens (including phenoxy) is 3. The van der Waals surface area contributed by atoms with E-state index in [2.05, 4.69) is 12.1 Å². The van der Waals surface area contributed by atoms with Gasteiger partial charge in [0.25, 0.3) is 0 Å². The molecule has 0 N–H and O–H groups in total. The fourth-order valence-electron chi connectivity index (χ4n) is 4.74. The van der Waals surface area contributed by atoms with Crippen LogP contribution in [0.3, 0.4) is 0 Å². The molecule has 30 heavy (non-hydrogen) atoms. The van der Waals surface area contributed by atoms with Crippen molar-refractivity contribution < 1.29 is 48.9 Å². The Labute approximate surface area is 202 Å². The topological polar surface area (TPSA) is 50.8 Å². The van der Waals surface area contributed by atoms with E-state index in [1.807, 2.05) is 6.07 Å². The van der Waals surface area contributed by atoms with Crippen LogP contribution in [-0.4, -0.2) is 33.5 Å². The average molecular weight is 419 g/mol. The van der Waals surface area contributed by atoms with E-state index in [0.29, 0.717) is 26.4 Å². The van der Waals surface area contributed by atoms with Crippen LogP contribution in [0.4, 0.5) is 0 Å². The van der Waals surface area contributed by atoms with E-state index < -0.39 is 0 Å². The van der Waals surface area contributed by atoms with Crippen molar-refractivity contribution in [1.29, 1.82) is 0 Å².